The van der Waals surface area contributed by atoms with Gasteiger partial charge in [-0.25, -0.2) is 0 Å². The lowest BCUT2D eigenvalue weighted by Crippen LogP contribution is -2.21. The van der Waals surface area contributed by atoms with E-state index in [1.54, 1.807) is 4.80 Å². The molecule has 1 saturated carbocycles. The summed E-state index contributed by atoms with van der Waals surface area (Å²) in [5.74, 6) is 0.777. The van der Waals surface area contributed by atoms with E-state index in [-0.39, 0.29) is 5.41 Å². The van der Waals surface area contributed by atoms with E-state index in [0.29, 0.717) is 6.54 Å². The molecule has 1 aliphatic rings. The van der Waals surface area contributed by atoms with Crippen LogP contribution in [0.1, 0.15) is 18.7 Å². The van der Waals surface area contributed by atoms with Crippen LogP contribution >= 0.6 is 0 Å². The van der Waals surface area contributed by atoms with Gasteiger partial charge in [0, 0.05) is 12.0 Å². The number of rotatable bonds is 3. The van der Waals surface area contributed by atoms with Gasteiger partial charge in [0.2, 0.25) is 0 Å². The minimum absolute atomic E-state index is 0.00697. The molecule has 5 nitrogen and oxygen atoms in total. The van der Waals surface area contributed by atoms with Crippen molar-refractivity contribution in [3.63, 3.8) is 0 Å². The third-order valence-corrected chi connectivity index (χ3v) is 3.12. The van der Waals surface area contributed by atoms with E-state index in [9.17, 15) is 0 Å². The predicted octanol–water partition coefficient (Wildman–Crippen LogP) is 0.653. The normalized spacial score (nSPS) is 17.3. The van der Waals surface area contributed by atoms with Gasteiger partial charge in [-0.05, 0) is 30.2 Å². The monoisotopic (exact) mass is 215 g/mol. The number of para-hydroxylation sites is 1. The van der Waals surface area contributed by atoms with Crippen molar-refractivity contribution in [1.29, 1.82) is 0 Å². The number of tetrazole rings is 1. The van der Waals surface area contributed by atoms with Crippen LogP contribution in [0.25, 0.3) is 5.69 Å². The van der Waals surface area contributed by atoms with Gasteiger partial charge in [0.15, 0.2) is 5.82 Å². The van der Waals surface area contributed by atoms with Crippen molar-refractivity contribution in [2.24, 2.45) is 5.73 Å². The van der Waals surface area contributed by atoms with Crippen molar-refractivity contribution >= 4 is 0 Å². The Morgan fingerprint density at radius 2 is 2.00 bits per heavy atom. The van der Waals surface area contributed by atoms with Gasteiger partial charge in [-0.15, -0.1) is 15.0 Å². The first-order valence-electron chi connectivity index (χ1n) is 5.40. The standard InChI is InChI=1S/C11H13N5/c12-8-11(6-7-11)10-13-15-16(14-10)9-4-2-1-3-5-9/h1-5H,6-8,12H2. The average Bonchev–Trinajstić information content (AvgIpc) is 3.00. The number of hydrogen-bond donors (Lipinski definition) is 1. The second kappa shape index (κ2) is 3.38. The first-order chi connectivity index (χ1) is 7.84. The van der Waals surface area contributed by atoms with Crippen LogP contribution in [0, 0.1) is 0 Å². The zero-order valence-corrected chi connectivity index (χ0v) is 8.87. The van der Waals surface area contributed by atoms with Crippen LogP contribution in [0.3, 0.4) is 0 Å². The van der Waals surface area contributed by atoms with Crippen LogP contribution < -0.4 is 5.73 Å². The molecule has 1 heterocycles. The van der Waals surface area contributed by atoms with Gasteiger partial charge in [-0.2, -0.15) is 0 Å². The fourth-order valence-electron chi connectivity index (χ4n) is 1.77. The van der Waals surface area contributed by atoms with Gasteiger partial charge in [0.05, 0.1) is 5.69 Å². The Morgan fingerprint density at radius 1 is 1.25 bits per heavy atom. The molecule has 0 aliphatic heterocycles. The summed E-state index contributed by atoms with van der Waals surface area (Å²) in [6.07, 6.45) is 2.15. The third kappa shape index (κ3) is 1.40. The molecule has 1 fully saturated rings. The second-order valence-electron chi connectivity index (χ2n) is 4.22. The highest BCUT2D eigenvalue weighted by molar-refractivity contribution is 5.28. The summed E-state index contributed by atoms with van der Waals surface area (Å²) in [5, 5.41) is 12.6. The molecule has 5 heteroatoms. The zero-order valence-electron chi connectivity index (χ0n) is 8.87. The fraction of sp³-hybridized carbons (Fsp3) is 0.364. The predicted molar refractivity (Wildman–Crippen MR) is 59.1 cm³/mol. The maximum atomic E-state index is 5.73. The summed E-state index contributed by atoms with van der Waals surface area (Å²) in [6, 6.07) is 9.77. The van der Waals surface area contributed by atoms with E-state index < -0.39 is 0 Å². The Hall–Kier alpha value is -1.75. The first kappa shape index (κ1) is 9.47. The highest BCUT2D eigenvalue weighted by Gasteiger charge is 2.47. The lowest BCUT2D eigenvalue weighted by Gasteiger charge is -2.04. The molecule has 1 aromatic heterocycles. The molecule has 0 bridgehead atoms. The molecule has 2 N–H and O–H groups in total. The molecule has 3 rings (SSSR count). The lowest BCUT2D eigenvalue weighted by molar-refractivity contribution is 0.643. The Kier molecular flexibility index (Phi) is 2.00. The summed E-state index contributed by atoms with van der Waals surface area (Å²) in [5.41, 5.74) is 6.66. The summed E-state index contributed by atoms with van der Waals surface area (Å²) in [4.78, 5) is 1.56. The summed E-state index contributed by atoms with van der Waals surface area (Å²) in [7, 11) is 0. The van der Waals surface area contributed by atoms with E-state index in [1.165, 1.54) is 0 Å². The molecule has 0 unspecified atom stereocenters. The molecule has 0 radical (unpaired) electrons. The molecule has 0 spiro atoms. The molecule has 82 valence electrons. The zero-order chi connectivity index (χ0) is 11.0. The maximum absolute atomic E-state index is 5.73. The van der Waals surface area contributed by atoms with E-state index in [0.717, 1.165) is 24.4 Å². The SMILES string of the molecule is NCC1(c2nnn(-c3ccccc3)n2)CC1. The Balaban J connectivity index is 1.94. The van der Waals surface area contributed by atoms with Gasteiger partial charge in [-0.1, -0.05) is 18.2 Å². The molecule has 0 amide bonds. The van der Waals surface area contributed by atoms with Crippen LogP contribution in [0.15, 0.2) is 30.3 Å². The highest BCUT2D eigenvalue weighted by atomic mass is 15.6. The van der Waals surface area contributed by atoms with Crippen molar-refractivity contribution in [1.82, 2.24) is 20.2 Å². The van der Waals surface area contributed by atoms with E-state index >= 15 is 0 Å². The second-order valence-corrected chi connectivity index (χ2v) is 4.22. The van der Waals surface area contributed by atoms with Gasteiger partial charge >= 0.3 is 0 Å². The van der Waals surface area contributed by atoms with Crippen molar-refractivity contribution in [2.45, 2.75) is 18.3 Å². The number of hydrogen-bond acceptors (Lipinski definition) is 4. The summed E-state index contributed by atoms with van der Waals surface area (Å²) in [6.45, 7) is 0.605. The van der Waals surface area contributed by atoms with Crippen LogP contribution in [0.4, 0.5) is 0 Å². The van der Waals surface area contributed by atoms with Gasteiger partial charge in [-0.3, -0.25) is 0 Å². The molecule has 1 aromatic carbocycles. The third-order valence-electron chi connectivity index (χ3n) is 3.12. The van der Waals surface area contributed by atoms with Crippen molar-refractivity contribution in [2.75, 3.05) is 6.54 Å². The van der Waals surface area contributed by atoms with E-state index in [2.05, 4.69) is 15.4 Å². The highest BCUT2D eigenvalue weighted by Crippen LogP contribution is 2.45. The quantitative estimate of drug-likeness (QED) is 0.816. The Morgan fingerprint density at radius 3 is 2.62 bits per heavy atom. The number of aromatic nitrogens is 4. The molecule has 1 aliphatic carbocycles. The van der Waals surface area contributed by atoms with Crippen molar-refractivity contribution < 1.29 is 0 Å². The summed E-state index contributed by atoms with van der Waals surface area (Å²) >= 11 is 0. The van der Waals surface area contributed by atoms with Crippen LogP contribution in [-0.2, 0) is 5.41 Å². The molecule has 16 heavy (non-hydrogen) atoms. The summed E-state index contributed by atoms with van der Waals surface area (Å²) < 4.78 is 0. The molecule has 2 aromatic rings. The van der Waals surface area contributed by atoms with Crippen molar-refractivity contribution in [3.05, 3.63) is 36.2 Å². The van der Waals surface area contributed by atoms with Gasteiger partial charge < -0.3 is 5.73 Å². The number of nitrogens with two attached hydrogens (primary N) is 1. The number of nitrogens with zero attached hydrogens (tertiary/aromatic N) is 4. The largest absolute Gasteiger partial charge is 0.329 e. The van der Waals surface area contributed by atoms with Crippen LogP contribution in [0.5, 0.6) is 0 Å². The van der Waals surface area contributed by atoms with Crippen LogP contribution in [0.2, 0.25) is 0 Å². The first-order valence-corrected chi connectivity index (χ1v) is 5.40. The maximum Gasteiger partial charge on any atom is 0.182 e. The molecular formula is C11H13N5. The molecule has 0 saturated heterocycles. The average molecular weight is 215 g/mol. The minimum atomic E-state index is 0.00697. The Bertz CT molecular complexity index is 486. The van der Waals surface area contributed by atoms with E-state index in [1.807, 2.05) is 30.3 Å². The van der Waals surface area contributed by atoms with Crippen molar-refractivity contribution in [3.8, 4) is 5.69 Å². The number of benzene rings is 1. The van der Waals surface area contributed by atoms with E-state index in [4.69, 9.17) is 5.73 Å². The smallest absolute Gasteiger partial charge is 0.182 e. The fourth-order valence-corrected chi connectivity index (χ4v) is 1.77. The molecular weight excluding hydrogens is 202 g/mol. The molecule has 0 atom stereocenters. The van der Waals surface area contributed by atoms with Gasteiger partial charge in [0.1, 0.15) is 0 Å². The van der Waals surface area contributed by atoms with Gasteiger partial charge in [0.25, 0.3) is 0 Å². The topological polar surface area (TPSA) is 69.6 Å². The van der Waals surface area contributed by atoms with Crippen LogP contribution in [-0.4, -0.2) is 26.8 Å². The lowest BCUT2D eigenvalue weighted by atomic mass is 10.1. The minimum Gasteiger partial charge on any atom is -0.329 e. The Labute approximate surface area is 93.3 Å².